The number of carbonyl (C=O) groups is 1. The number of Topliss-reactive ketones (excluding diaryl/α,β-unsaturated/α-hetero) is 1. The van der Waals surface area contributed by atoms with E-state index in [4.69, 9.17) is 25.6 Å². The summed E-state index contributed by atoms with van der Waals surface area (Å²) in [4.78, 5) is 16.0. The molecule has 3 rings (SSSR count). The summed E-state index contributed by atoms with van der Waals surface area (Å²) in [5.74, 6) is 1.60. The van der Waals surface area contributed by atoms with E-state index in [1.807, 2.05) is 24.3 Å². The van der Waals surface area contributed by atoms with Crippen molar-refractivity contribution in [2.24, 2.45) is 0 Å². The van der Waals surface area contributed by atoms with Crippen LogP contribution in [-0.4, -0.2) is 23.0 Å². The van der Waals surface area contributed by atoms with Crippen LogP contribution < -0.4 is 9.47 Å². The van der Waals surface area contributed by atoms with E-state index in [2.05, 4.69) is 10.1 Å². The maximum absolute atomic E-state index is 11.7. The summed E-state index contributed by atoms with van der Waals surface area (Å²) in [6.45, 7) is 1.48. The second kappa shape index (κ2) is 7.36. The second-order valence-electron chi connectivity index (χ2n) is 5.20. The van der Waals surface area contributed by atoms with Gasteiger partial charge >= 0.3 is 0 Å². The molecule has 0 spiro atoms. The molecule has 0 aliphatic heterocycles. The maximum Gasteiger partial charge on any atom is 0.264 e. The molecule has 0 fully saturated rings. The van der Waals surface area contributed by atoms with Gasteiger partial charge in [-0.05, 0) is 37.3 Å². The third kappa shape index (κ3) is 3.80. The topological polar surface area (TPSA) is 74.5 Å². The number of nitrogens with zero attached hydrogens (tertiary/aromatic N) is 2. The van der Waals surface area contributed by atoms with Crippen LogP contribution >= 0.6 is 11.6 Å². The van der Waals surface area contributed by atoms with Crippen LogP contribution in [0.5, 0.6) is 11.5 Å². The minimum absolute atomic E-state index is 0.0318. The van der Waals surface area contributed by atoms with Crippen molar-refractivity contribution in [2.45, 2.75) is 13.5 Å². The van der Waals surface area contributed by atoms with Gasteiger partial charge in [-0.1, -0.05) is 28.9 Å². The van der Waals surface area contributed by atoms with Gasteiger partial charge in [0.25, 0.3) is 5.89 Å². The molecule has 2 aromatic carbocycles. The Bertz CT molecular complexity index is 908. The Balaban J connectivity index is 1.78. The van der Waals surface area contributed by atoms with Crippen LogP contribution in [0.15, 0.2) is 47.0 Å². The van der Waals surface area contributed by atoms with Crippen LogP contribution in [0.1, 0.15) is 23.2 Å². The van der Waals surface area contributed by atoms with Crippen molar-refractivity contribution in [1.29, 1.82) is 0 Å². The van der Waals surface area contributed by atoms with Crippen molar-refractivity contribution in [3.8, 4) is 22.9 Å². The number of ketones is 1. The van der Waals surface area contributed by atoms with Crippen molar-refractivity contribution < 1.29 is 18.8 Å². The summed E-state index contributed by atoms with van der Waals surface area (Å²) in [6, 6.07) is 12.2. The van der Waals surface area contributed by atoms with E-state index in [1.165, 1.54) is 6.92 Å². The zero-order valence-electron chi connectivity index (χ0n) is 13.7. The second-order valence-corrected chi connectivity index (χ2v) is 5.63. The van der Waals surface area contributed by atoms with E-state index in [9.17, 15) is 4.79 Å². The third-order valence-corrected chi connectivity index (χ3v) is 3.72. The molecule has 0 radical (unpaired) electrons. The van der Waals surface area contributed by atoms with Gasteiger partial charge in [0.1, 0.15) is 11.5 Å². The Kier molecular flexibility index (Phi) is 5.00. The van der Waals surface area contributed by atoms with Gasteiger partial charge in [-0.2, -0.15) is 4.98 Å². The molecule has 25 heavy (non-hydrogen) atoms. The number of carbonyl (C=O) groups excluding carboxylic acids is 1. The maximum atomic E-state index is 11.7. The summed E-state index contributed by atoms with van der Waals surface area (Å²) in [6.07, 6.45) is 0. The molecule has 0 saturated carbocycles. The highest BCUT2D eigenvalue weighted by molar-refractivity contribution is 6.31. The summed E-state index contributed by atoms with van der Waals surface area (Å²) in [5, 5.41) is 4.41. The number of benzene rings is 2. The number of methoxy groups -OCH3 is 1. The van der Waals surface area contributed by atoms with Crippen molar-refractivity contribution in [1.82, 2.24) is 10.1 Å². The minimum atomic E-state index is -0.141. The number of hydrogen-bond donors (Lipinski definition) is 0. The first-order chi connectivity index (χ1) is 12.1. The zero-order valence-corrected chi connectivity index (χ0v) is 14.4. The largest absolute Gasteiger partial charge is 0.496 e. The van der Waals surface area contributed by atoms with Gasteiger partial charge in [0.2, 0.25) is 5.82 Å². The fraction of sp³-hybridized carbons (Fsp3) is 0.167. The third-order valence-electron chi connectivity index (χ3n) is 3.49. The Morgan fingerprint density at radius 1 is 1.20 bits per heavy atom. The van der Waals surface area contributed by atoms with Crippen LogP contribution in [0.4, 0.5) is 0 Å². The quantitative estimate of drug-likeness (QED) is 0.615. The predicted molar refractivity (Wildman–Crippen MR) is 92.1 cm³/mol. The number of aromatic nitrogens is 2. The van der Waals surface area contributed by atoms with Crippen LogP contribution in [0.25, 0.3) is 11.4 Å². The molecule has 6 nitrogen and oxygen atoms in total. The Morgan fingerprint density at radius 2 is 2.00 bits per heavy atom. The standard InChI is InChI=1S/C18H15ClN2O4/c1-11(22)14-9-12(19)7-8-16(14)24-10-17-20-18(21-25-17)13-5-3-4-6-15(13)23-2/h3-9H,10H2,1-2H3. The van der Waals surface area contributed by atoms with E-state index in [-0.39, 0.29) is 18.3 Å². The van der Waals surface area contributed by atoms with Gasteiger partial charge in [0.15, 0.2) is 12.4 Å². The smallest absolute Gasteiger partial charge is 0.264 e. The first-order valence-corrected chi connectivity index (χ1v) is 7.85. The number of ether oxygens (including phenoxy) is 2. The molecule has 0 aliphatic carbocycles. The van der Waals surface area contributed by atoms with E-state index in [0.717, 1.165) is 5.56 Å². The lowest BCUT2D eigenvalue weighted by atomic mass is 10.1. The highest BCUT2D eigenvalue weighted by Crippen LogP contribution is 2.28. The number of hydrogen-bond acceptors (Lipinski definition) is 6. The Morgan fingerprint density at radius 3 is 2.76 bits per heavy atom. The molecule has 0 bridgehead atoms. The zero-order chi connectivity index (χ0) is 17.8. The molecular weight excluding hydrogens is 344 g/mol. The average molecular weight is 359 g/mol. The van der Waals surface area contributed by atoms with E-state index < -0.39 is 0 Å². The van der Waals surface area contributed by atoms with Crippen molar-refractivity contribution in [2.75, 3.05) is 7.11 Å². The molecule has 0 N–H and O–H groups in total. The average Bonchev–Trinajstić information content (AvgIpc) is 3.09. The summed E-state index contributed by atoms with van der Waals surface area (Å²) in [5.41, 5.74) is 1.12. The molecule has 0 unspecified atom stereocenters. The molecule has 3 aromatic rings. The molecule has 0 atom stereocenters. The number of halogens is 1. The van der Waals surface area contributed by atoms with Crippen molar-refractivity contribution in [3.63, 3.8) is 0 Å². The monoisotopic (exact) mass is 358 g/mol. The molecule has 0 saturated heterocycles. The normalized spacial score (nSPS) is 10.5. The number of rotatable bonds is 6. The lowest BCUT2D eigenvalue weighted by molar-refractivity contribution is 0.101. The van der Waals surface area contributed by atoms with E-state index in [1.54, 1.807) is 25.3 Å². The van der Waals surface area contributed by atoms with Gasteiger partial charge < -0.3 is 14.0 Å². The number of para-hydroxylation sites is 1. The Hall–Kier alpha value is -2.86. The van der Waals surface area contributed by atoms with Crippen molar-refractivity contribution in [3.05, 3.63) is 58.9 Å². The molecule has 128 valence electrons. The molecule has 1 aromatic heterocycles. The first-order valence-electron chi connectivity index (χ1n) is 7.47. The van der Waals surface area contributed by atoms with Crippen molar-refractivity contribution >= 4 is 17.4 Å². The highest BCUT2D eigenvalue weighted by Gasteiger charge is 2.15. The summed E-state index contributed by atoms with van der Waals surface area (Å²) < 4.78 is 16.1. The van der Waals surface area contributed by atoms with Crippen LogP contribution in [0, 0.1) is 0 Å². The molecule has 0 amide bonds. The highest BCUT2D eigenvalue weighted by atomic mass is 35.5. The van der Waals surface area contributed by atoms with Crippen LogP contribution in [0.3, 0.4) is 0 Å². The molecule has 1 heterocycles. The SMILES string of the molecule is COc1ccccc1-c1noc(COc2ccc(Cl)cc2C(C)=O)n1. The first kappa shape index (κ1) is 17.0. The van der Waals surface area contributed by atoms with Crippen LogP contribution in [-0.2, 0) is 6.61 Å². The summed E-state index contributed by atoms with van der Waals surface area (Å²) in [7, 11) is 1.58. The van der Waals surface area contributed by atoms with Gasteiger partial charge in [0.05, 0.1) is 18.2 Å². The Labute approximate surface area is 149 Å². The van der Waals surface area contributed by atoms with Gasteiger partial charge in [0, 0.05) is 5.02 Å². The fourth-order valence-electron chi connectivity index (χ4n) is 2.29. The van der Waals surface area contributed by atoms with E-state index >= 15 is 0 Å². The fourth-order valence-corrected chi connectivity index (χ4v) is 2.47. The van der Waals surface area contributed by atoms with Crippen LogP contribution in [0.2, 0.25) is 5.02 Å². The molecular formula is C18H15ClN2O4. The van der Waals surface area contributed by atoms with Gasteiger partial charge in [-0.25, -0.2) is 0 Å². The lowest BCUT2D eigenvalue weighted by Crippen LogP contribution is -2.02. The molecule has 7 heteroatoms. The predicted octanol–water partition coefficient (Wildman–Crippen LogP) is 4.18. The minimum Gasteiger partial charge on any atom is -0.496 e. The van der Waals surface area contributed by atoms with E-state index in [0.29, 0.717) is 27.9 Å². The lowest BCUT2D eigenvalue weighted by Gasteiger charge is -2.08. The van der Waals surface area contributed by atoms with Gasteiger partial charge in [-0.3, -0.25) is 4.79 Å². The summed E-state index contributed by atoms with van der Waals surface area (Å²) >= 11 is 5.92. The molecule has 0 aliphatic rings. The van der Waals surface area contributed by atoms with Gasteiger partial charge in [-0.15, -0.1) is 0 Å².